The summed E-state index contributed by atoms with van der Waals surface area (Å²) in [7, 11) is 2.05. The Bertz CT molecular complexity index is 542. The van der Waals surface area contributed by atoms with Crippen molar-refractivity contribution in [1.82, 2.24) is 5.10 Å². The summed E-state index contributed by atoms with van der Waals surface area (Å²) in [6.07, 6.45) is 4.32. The molecule has 88 valence electrons. The molecule has 0 radical (unpaired) electrons. The van der Waals surface area contributed by atoms with Gasteiger partial charge in [0.05, 0.1) is 11.8 Å². The summed E-state index contributed by atoms with van der Waals surface area (Å²) in [4.78, 5) is 0. The number of hydrogen-bond donors (Lipinski definition) is 2. The van der Waals surface area contributed by atoms with E-state index >= 15 is 0 Å². The van der Waals surface area contributed by atoms with Crippen LogP contribution in [0.2, 0.25) is 0 Å². The first kappa shape index (κ1) is 10.5. The van der Waals surface area contributed by atoms with Gasteiger partial charge in [0.15, 0.2) is 7.05 Å². The molecular weight excluding hydrogens is 210 g/mol. The molecule has 17 heavy (non-hydrogen) atoms. The van der Waals surface area contributed by atoms with Crippen LogP contribution < -0.4 is 10.4 Å². The number of fused-ring (bicyclic) bond motifs is 1. The van der Waals surface area contributed by atoms with Crippen LogP contribution in [0.5, 0.6) is 0 Å². The summed E-state index contributed by atoms with van der Waals surface area (Å²) in [5.74, 6) is 0.550. The van der Waals surface area contributed by atoms with E-state index in [1.54, 1.807) is 0 Å². The molecule has 1 aliphatic rings. The Hall–Kier alpha value is -1.61. The Kier molecular flexibility index (Phi) is 2.48. The van der Waals surface area contributed by atoms with E-state index in [9.17, 15) is 0 Å². The van der Waals surface area contributed by atoms with Crippen LogP contribution in [0.4, 0.5) is 0 Å². The van der Waals surface area contributed by atoms with Crippen LogP contribution in [0.1, 0.15) is 23.5 Å². The Morgan fingerprint density at radius 3 is 3.00 bits per heavy atom. The van der Waals surface area contributed by atoms with Crippen molar-refractivity contribution >= 4 is 0 Å². The molecule has 1 aliphatic carbocycles. The third-order valence-corrected chi connectivity index (χ3v) is 3.83. The van der Waals surface area contributed by atoms with Gasteiger partial charge in [0.25, 0.3) is 0 Å². The number of aromatic amines is 1. The maximum absolute atomic E-state index is 5.84. The minimum absolute atomic E-state index is 0.550. The highest BCUT2D eigenvalue weighted by Gasteiger charge is 2.26. The van der Waals surface area contributed by atoms with Gasteiger partial charge in [-0.2, -0.15) is 5.10 Å². The van der Waals surface area contributed by atoms with Crippen molar-refractivity contribution in [1.29, 1.82) is 0 Å². The Morgan fingerprint density at radius 2 is 2.29 bits per heavy atom. The predicted molar refractivity (Wildman–Crippen MR) is 67.5 cm³/mol. The second kappa shape index (κ2) is 4.00. The molecule has 2 aromatic rings. The molecule has 1 aromatic carbocycles. The molecule has 0 amide bonds. The van der Waals surface area contributed by atoms with Gasteiger partial charge >= 0.3 is 0 Å². The van der Waals surface area contributed by atoms with E-state index in [2.05, 4.69) is 34.0 Å². The molecule has 0 bridgehead atoms. The summed E-state index contributed by atoms with van der Waals surface area (Å²) in [6.45, 7) is 0.760. The molecule has 0 saturated carbocycles. The van der Waals surface area contributed by atoms with Crippen molar-refractivity contribution in [2.24, 2.45) is 12.8 Å². The molecule has 3 rings (SSSR count). The predicted octanol–water partition coefficient (Wildman–Crippen LogP) is 1.49. The first-order valence-corrected chi connectivity index (χ1v) is 6.17. The first-order valence-electron chi connectivity index (χ1n) is 6.17. The molecule has 3 N–H and O–H groups in total. The summed E-state index contributed by atoms with van der Waals surface area (Å²) >= 11 is 0. The Labute approximate surface area is 101 Å². The fraction of sp³-hybridized carbons (Fsp3) is 0.357. The Balaban J connectivity index is 2.15. The summed E-state index contributed by atoms with van der Waals surface area (Å²) in [5, 5.41) is 3.18. The molecule has 1 aromatic heterocycles. The van der Waals surface area contributed by atoms with Gasteiger partial charge in [0.1, 0.15) is 0 Å². The third kappa shape index (κ3) is 1.58. The SMILES string of the molecule is C[n+]1[nH]ccc1-c1cccc2c1CCC2CN. The summed E-state index contributed by atoms with van der Waals surface area (Å²) < 4.78 is 2.06. The lowest BCUT2D eigenvalue weighted by Crippen LogP contribution is -2.31. The van der Waals surface area contributed by atoms with Crippen molar-refractivity contribution in [2.75, 3.05) is 6.54 Å². The number of nitrogens with two attached hydrogens (primary N) is 1. The number of aromatic nitrogens is 2. The molecule has 0 fully saturated rings. The van der Waals surface area contributed by atoms with Crippen LogP contribution in [0.15, 0.2) is 30.5 Å². The van der Waals surface area contributed by atoms with E-state index in [0.717, 1.165) is 13.0 Å². The van der Waals surface area contributed by atoms with Gasteiger partial charge in [-0.15, -0.1) is 4.68 Å². The van der Waals surface area contributed by atoms with Gasteiger partial charge in [-0.25, -0.2) is 0 Å². The quantitative estimate of drug-likeness (QED) is 0.752. The number of nitrogens with one attached hydrogen (secondary N) is 1. The van der Waals surface area contributed by atoms with Crippen molar-refractivity contribution in [3.8, 4) is 11.3 Å². The molecule has 0 aliphatic heterocycles. The lowest BCUT2D eigenvalue weighted by atomic mass is 9.97. The smallest absolute Gasteiger partial charge is 0.238 e. The van der Waals surface area contributed by atoms with Crippen LogP contribution in [-0.4, -0.2) is 11.6 Å². The van der Waals surface area contributed by atoms with E-state index in [0.29, 0.717) is 5.92 Å². The zero-order valence-corrected chi connectivity index (χ0v) is 10.1. The van der Waals surface area contributed by atoms with E-state index in [-0.39, 0.29) is 0 Å². The molecule has 0 spiro atoms. The van der Waals surface area contributed by atoms with Crippen LogP contribution in [-0.2, 0) is 13.5 Å². The van der Waals surface area contributed by atoms with E-state index in [1.807, 2.05) is 13.2 Å². The maximum atomic E-state index is 5.84. The van der Waals surface area contributed by atoms with E-state index < -0.39 is 0 Å². The lowest BCUT2D eigenvalue weighted by molar-refractivity contribution is -0.716. The maximum Gasteiger partial charge on any atom is 0.238 e. The lowest BCUT2D eigenvalue weighted by Gasteiger charge is -2.08. The third-order valence-electron chi connectivity index (χ3n) is 3.83. The van der Waals surface area contributed by atoms with Gasteiger partial charge in [-0.1, -0.05) is 12.1 Å². The molecule has 3 nitrogen and oxygen atoms in total. The summed E-state index contributed by atoms with van der Waals surface area (Å²) in [5.41, 5.74) is 11.4. The highest BCUT2D eigenvalue weighted by atomic mass is 15.3. The zero-order valence-electron chi connectivity index (χ0n) is 10.1. The van der Waals surface area contributed by atoms with Gasteiger partial charge in [0.2, 0.25) is 5.69 Å². The van der Waals surface area contributed by atoms with E-state index in [4.69, 9.17) is 5.73 Å². The fourth-order valence-corrected chi connectivity index (χ4v) is 2.90. The average molecular weight is 228 g/mol. The molecule has 3 heteroatoms. The van der Waals surface area contributed by atoms with Gasteiger partial charge in [-0.05, 0) is 42.5 Å². The van der Waals surface area contributed by atoms with Crippen molar-refractivity contribution < 1.29 is 4.68 Å². The molecule has 1 atom stereocenters. The molecular formula is C14H18N3+. The van der Waals surface area contributed by atoms with Gasteiger partial charge < -0.3 is 5.73 Å². The monoisotopic (exact) mass is 228 g/mol. The van der Waals surface area contributed by atoms with Crippen LogP contribution in [0.25, 0.3) is 11.3 Å². The standard InChI is InChI=1S/C14H17N3/c1-17-14(7-8-16-17)13-4-2-3-11-10(9-15)5-6-12(11)13/h2-4,7-8,10H,5-6,9,15H2,1H3/p+1. The largest absolute Gasteiger partial charge is 0.330 e. The molecule has 0 saturated heterocycles. The minimum atomic E-state index is 0.550. The number of benzene rings is 1. The van der Waals surface area contributed by atoms with Crippen LogP contribution >= 0.6 is 0 Å². The fourth-order valence-electron chi connectivity index (χ4n) is 2.90. The van der Waals surface area contributed by atoms with Crippen molar-refractivity contribution in [3.05, 3.63) is 41.6 Å². The Morgan fingerprint density at radius 1 is 1.41 bits per heavy atom. The van der Waals surface area contributed by atoms with Crippen LogP contribution in [0.3, 0.4) is 0 Å². The molecule has 1 heterocycles. The van der Waals surface area contributed by atoms with Crippen molar-refractivity contribution in [2.45, 2.75) is 18.8 Å². The zero-order chi connectivity index (χ0) is 11.8. The highest BCUT2D eigenvalue weighted by Crippen LogP contribution is 2.37. The molecule has 1 unspecified atom stereocenters. The number of hydrogen-bond acceptors (Lipinski definition) is 1. The normalized spacial score (nSPS) is 18.4. The number of nitrogens with zero attached hydrogens (tertiary/aromatic N) is 1. The number of rotatable bonds is 2. The second-order valence-electron chi connectivity index (χ2n) is 4.75. The average Bonchev–Trinajstić information content (AvgIpc) is 2.94. The highest BCUT2D eigenvalue weighted by molar-refractivity contribution is 5.64. The summed E-state index contributed by atoms with van der Waals surface area (Å²) in [6, 6.07) is 8.72. The van der Waals surface area contributed by atoms with Gasteiger partial charge in [0, 0.05) is 6.07 Å². The first-order chi connectivity index (χ1) is 8.31. The van der Waals surface area contributed by atoms with Crippen LogP contribution in [0, 0.1) is 0 Å². The van der Waals surface area contributed by atoms with Crippen molar-refractivity contribution in [3.63, 3.8) is 0 Å². The number of aryl methyl sites for hydroxylation is 1. The van der Waals surface area contributed by atoms with E-state index in [1.165, 1.54) is 28.8 Å². The topological polar surface area (TPSA) is 45.7 Å². The van der Waals surface area contributed by atoms with Gasteiger partial charge in [-0.3, -0.25) is 0 Å². The minimum Gasteiger partial charge on any atom is -0.330 e. The number of H-pyrrole nitrogens is 1. The second-order valence-corrected chi connectivity index (χ2v) is 4.75.